The molecule has 1 rings (SSSR count). The predicted molar refractivity (Wildman–Crippen MR) is 91.3 cm³/mol. The van der Waals surface area contributed by atoms with Gasteiger partial charge in [-0.1, -0.05) is 67.4 Å². The quantitative estimate of drug-likeness (QED) is 0.516. The van der Waals surface area contributed by atoms with Gasteiger partial charge in [-0.15, -0.1) is 0 Å². The Hall–Kier alpha value is -0.540. The van der Waals surface area contributed by atoms with Gasteiger partial charge in [-0.25, -0.2) is 0 Å². The summed E-state index contributed by atoms with van der Waals surface area (Å²) in [6.07, 6.45) is 9.43. The number of unbranched alkanes of at least 4 members (excludes halogenated alkanes) is 6. The maximum absolute atomic E-state index is 5.26. The number of methoxy groups -OCH3 is 1. The Kier molecular flexibility index (Phi) is 9.77. The SMILES string of the molecule is CCCCCCCCCNc1cccc(Br)c1COC. The summed E-state index contributed by atoms with van der Waals surface area (Å²) in [5.41, 5.74) is 2.39. The number of hydrogen-bond acceptors (Lipinski definition) is 2. The second-order valence-corrected chi connectivity index (χ2v) is 6.10. The first-order valence-corrected chi connectivity index (χ1v) is 8.59. The molecule has 0 saturated heterocycles. The smallest absolute Gasteiger partial charge is 0.0744 e. The zero-order valence-electron chi connectivity index (χ0n) is 12.9. The molecule has 0 atom stereocenters. The molecule has 1 aromatic rings. The van der Waals surface area contributed by atoms with Crippen molar-refractivity contribution < 1.29 is 4.74 Å². The average molecular weight is 342 g/mol. The Morgan fingerprint density at radius 1 is 1.05 bits per heavy atom. The summed E-state index contributed by atoms with van der Waals surface area (Å²) in [5, 5.41) is 3.53. The Morgan fingerprint density at radius 2 is 1.75 bits per heavy atom. The number of nitrogens with one attached hydrogen (secondary N) is 1. The van der Waals surface area contributed by atoms with E-state index in [-0.39, 0.29) is 0 Å². The molecular formula is C17H28BrNO. The van der Waals surface area contributed by atoms with Gasteiger partial charge in [0.05, 0.1) is 6.61 Å². The van der Waals surface area contributed by atoms with Gasteiger partial charge in [0.15, 0.2) is 0 Å². The molecule has 0 saturated carbocycles. The van der Waals surface area contributed by atoms with Gasteiger partial charge in [-0.05, 0) is 18.6 Å². The molecule has 1 aromatic carbocycles. The van der Waals surface area contributed by atoms with Gasteiger partial charge in [0.2, 0.25) is 0 Å². The van der Waals surface area contributed by atoms with Crippen LogP contribution in [0.4, 0.5) is 5.69 Å². The molecule has 0 radical (unpaired) electrons. The average Bonchev–Trinajstić information content (AvgIpc) is 2.45. The van der Waals surface area contributed by atoms with Crippen LogP contribution in [0.1, 0.15) is 57.4 Å². The summed E-state index contributed by atoms with van der Waals surface area (Å²) >= 11 is 3.59. The van der Waals surface area contributed by atoms with Crippen LogP contribution in [0.25, 0.3) is 0 Å². The minimum atomic E-state index is 0.640. The summed E-state index contributed by atoms with van der Waals surface area (Å²) in [4.78, 5) is 0. The van der Waals surface area contributed by atoms with E-state index in [4.69, 9.17) is 4.74 Å². The zero-order chi connectivity index (χ0) is 14.6. The van der Waals surface area contributed by atoms with E-state index >= 15 is 0 Å². The summed E-state index contributed by atoms with van der Waals surface area (Å²) in [7, 11) is 1.74. The van der Waals surface area contributed by atoms with Crippen molar-refractivity contribution in [3.8, 4) is 0 Å². The lowest BCUT2D eigenvalue weighted by atomic mass is 10.1. The fourth-order valence-electron chi connectivity index (χ4n) is 2.32. The summed E-state index contributed by atoms with van der Waals surface area (Å²) in [6.45, 7) is 3.95. The molecule has 0 heterocycles. The van der Waals surface area contributed by atoms with Crippen molar-refractivity contribution in [2.24, 2.45) is 0 Å². The van der Waals surface area contributed by atoms with Crippen LogP contribution in [0.2, 0.25) is 0 Å². The highest BCUT2D eigenvalue weighted by Crippen LogP contribution is 2.25. The van der Waals surface area contributed by atoms with Gasteiger partial charge in [0.25, 0.3) is 0 Å². The van der Waals surface area contributed by atoms with Gasteiger partial charge < -0.3 is 10.1 Å². The van der Waals surface area contributed by atoms with Crippen LogP contribution in [-0.4, -0.2) is 13.7 Å². The van der Waals surface area contributed by atoms with Crippen LogP contribution >= 0.6 is 15.9 Å². The van der Waals surface area contributed by atoms with Gasteiger partial charge in [-0.3, -0.25) is 0 Å². The Bertz CT molecular complexity index is 368. The first-order valence-electron chi connectivity index (χ1n) is 7.79. The highest BCUT2D eigenvalue weighted by atomic mass is 79.9. The van der Waals surface area contributed by atoms with Crippen molar-refractivity contribution in [2.75, 3.05) is 19.0 Å². The number of rotatable bonds is 11. The molecule has 0 spiro atoms. The molecule has 3 heteroatoms. The normalized spacial score (nSPS) is 10.8. The van der Waals surface area contributed by atoms with Crippen molar-refractivity contribution >= 4 is 21.6 Å². The number of anilines is 1. The van der Waals surface area contributed by atoms with Crippen LogP contribution in [0.3, 0.4) is 0 Å². The van der Waals surface area contributed by atoms with Crippen molar-refractivity contribution in [3.05, 3.63) is 28.2 Å². The van der Waals surface area contributed by atoms with E-state index in [2.05, 4.69) is 46.4 Å². The highest BCUT2D eigenvalue weighted by molar-refractivity contribution is 9.10. The molecule has 0 aliphatic carbocycles. The largest absolute Gasteiger partial charge is 0.385 e. The van der Waals surface area contributed by atoms with E-state index < -0.39 is 0 Å². The molecule has 0 unspecified atom stereocenters. The van der Waals surface area contributed by atoms with E-state index in [1.54, 1.807) is 7.11 Å². The lowest BCUT2D eigenvalue weighted by Crippen LogP contribution is -2.05. The van der Waals surface area contributed by atoms with Crippen LogP contribution in [0, 0.1) is 0 Å². The Labute approximate surface area is 132 Å². The molecule has 0 aliphatic heterocycles. The maximum atomic E-state index is 5.26. The first kappa shape index (κ1) is 17.5. The third-order valence-corrected chi connectivity index (χ3v) is 4.25. The molecule has 0 aliphatic rings. The Morgan fingerprint density at radius 3 is 2.45 bits per heavy atom. The van der Waals surface area contributed by atoms with E-state index in [1.807, 2.05) is 0 Å². The summed E-state index contributed by atoms with van der Waals surface area (Å²) in [5.74, 6) is 0. The van der Waals surface area contributed by atoms with Crippen molar-refractivity contribution in [2.45, 2.75) is 58.5 Å². The lowest BCUT2D eigenvalue weighted by Gasteiger charge is -2.13. The second kappa shape index (κ2) is 11.2. The molecular weight excluding hydrogens is 314 g/mol. The van der Waals surface area contributed by atoms with E-state index in [0.717, 1.165) is 11.0 Å². The third kappa shape index (κ3) is 6.76. The highest BCUT2D eigenvalue weighted by Gasteiger charge is 2.05. The number of hydrogen-bond donors (Lipinski definition) is 1. The van der Waals surface area contributed by atoms with Crippen molar-refractivity contribution in [1.29, 1.82) is 0 Å². The number of halogens is 1. The minimum Gasteiger partial charge on any atom is -0.385 e. The fraction of sp³-hybridized carbons (Fsp3) is 0.647. The summed E-state index contributed by atoms with van der Waals surface area (Å²) < 4.78 is 6.38. The molecule has 0 bridgehead atoms. The maximum Gasteiger partial charge on any atom is 0.0744 e. The Balaban J connectivity index is 2.23. The van der Waals surface area contributed by atoms with E-state index in [1.165, 1.54) is 56.2 Å². The van der Waals surface area contributed by atoms with Gasteiger partial charge in [0, 0.05) is 29.4 Å². The third-order valence-electron chi connectivity index (χ3n) is 3.50. The van der Waals surface area contributed by atoms with Crippen LogP contribution in [0.15, 0.2) is 22.7 Å². The first-order chi connectivity index (χ1) is 9.79. The lowest BCUT2D eigenvalue weighted by molar-refractivity contribution is 0.185. The van der Waals surface area contributed by atoms with Gasteiger partial charge in [-0.2, -0.15) is 0 Å². The molecule has 1 N–H and O–H groups in total. The molecule has 2 nitrogen and oxygen atoms in total. The zero-order valence-corrected chi connectivity index (χ0v) is 14.5. The number of benzene rings is 1. The molecule has 0 aromatic heterocycles. The number of ether oxygens (including phenoxy) is 1. The van der Waals surface area contributed by atoms with Crippen LogP contribution in [0.5, 0.6) is 0 Å². The minimum absolute atomic E-state index is 0.640. The van der Waals surface area contributed by atoms with Gasteiger partial charge >= 0.3 is 0 Å². The van der Waals surface area contributed by atoms with E-state index in [9.17, 15) is 0 Å². The van der Waals surface area contributed by atoms with Gasteiger partial charge in [0.1, 0.15) is 0 Å². The molecule has 0 amide bonds. The van der Waals surface area contributed by atoms with Crippen molar-refractivity contribution in [3.63, 3.8) is 0 Å². The van der Waals surface area contributed by atoms with Crippen molar-refractivity contribution in [1.82, 2.24) is 0 Å². The van der Waals surface area contributed by atoms with E-state index in [0.29, 0.717) is 6.61 Å². The molecule has 0 fully saturated rings. The van der Waals surface area contributed by atoms with Crippen LogP contribution in [-0.2, 0) is 11.3 Å². The monoisotopic (exact) mass is 341 g/mol. The fourth-order valence-corrected chi connectivity index (χ4v) is 2.80. The standard InChI is InChI=1S/C17H28BrNO/c1-3-4-5-6-7-8-9-13-19-17-12-10-11-16(18)15(17)14-20-2/h10-12,19H,3-9,13-14H2,1-2H3. The van der Waals surface area contributed by atoms with Crippen LogP contribution < -0.4 is 5.32 Å². The summed E-state index contributed by atoms with van der Waals surface area (Å²) in [6, 6.07) is 6.25. The second-order valence-electron chi connectivity index (χ2n) is 5.25. The predicted octanol–water partition coefficient (Wildman–Crippen LogP) is 5.76. The molecule has 114 valence electrons. The molecule has 20 heavy (non-hydrogen) atoms. The topological polar surface area (TPSA) is 21.3 Å².